The highest BCUT2D eigenvalue weighted by Gasteiger charge is 2.20. The molecule has 0 saturated carbocycles. The monoisotopic (exact) mass is 348 g/mol. The topological polar surface area (TPSA) is 30.9 Å². The van der Waals surface area contributed by atoms with Crippen molar-refractivity contribution in [3.63, 3.8) is 0 Å². The molecule has 2 aromatic rings. The average molecular weight is 349 g/mol. The molecule has 1 aliphatic rings. The van der Waals surface area contributed by atoms with Crippen LogP contribution >= 0.6 is 22.7 Å². The fraction of sp³-hybridized carbons (Fsp3) is 0.471. The molecule has 0 bridgehead atoms. The maximum absolute atomic E-state index is 4.47. The largest absolute Gasteiger partial charge is 0.360 e. The minimum Gasteiger partial charge on any atom is -0.360 e. The van der Waals surface area contributed by atoms with Crippen LogP contribution in [0, 0.1) is 0 Å². The number of guanidine groups is 1. The Morgan fingerprint density at radius 2 is 2.09 bits per heavy atom. The van der Waals surface area contributed by atoms with Crippen molar-refractivity contribution in [2.45, 2.75) is 12.8 Å². The molecule has 0 radical (unpaired) electrons. The first kappa shape index (κ1) is 16.3. The first-order valence-electron chi connectivity index (χ1n) is 8.04. The van der Waals surface area contributed by atoms with Crippen molar-refractivity contribution in [1.29, 1.82) is 0 Å². The number of nitrogens with one attached hydrogen (secondary N) is 1. The smallest absolute Gasteiger partial charge is 0.193 e. The molecule has 3 heterocycles. The summed E-state index contributed by atoms with van der Waals surface area (Å²) in [5.74, 6) is 1.53. The minimum atomic E-state index is 0.505. The Morgan fingerprint density at radius 1 is 1.26 bits per heavy atom. The van der Waals surface area contributed by atoms with Crippen molar-refractivity contribution >= 4 is 33.6 Å². The normalized spacial score (nSPS) is 17.4. The summed E-state index contributed by atoms with van der Waals surface area (Å²) >= 11 is 3.58. The number of aliphatic imine (C=N–C) groups is 1. The van der Waals surface area contributed by atoms with Crippen LogP contribution in [0.4, 0.5) is 5.00 Å². The molecule has 23 heavy (non-hydrogen) atoms. The minimum absolute atomic E-state index is 0.505. The number of anilines is 1. The van der Waals surface area contributed by atoms with E-state index in [1.165, 1.54) is 10.6 Å². The molecule has 124 valence electrons. The van der Waals surface area contributed by atoms with Crippen LogP contribution in [0.2, 0.25) is 0 Å². The highest BCUT2D eigenvalue weighted by atomic mass is 32.1. The second kappa shape index (κ2) is 7.84. The number of hydrogen-bond acceptors (Lipinski definition) is 4. The van der Waals surface area contributed by atoms with E-state index >= 15 is 0 Å². The molecule has 3 rings (SSSR count). The van der Waals surface area contributed by atoms with E-state index < -0.39 is 0 Å². The standard InChI is InChI=1S/C17H24N4S2/c1-14(15-5-11-22-13-15)12-19-17(18-2)21-8-6-20(7-9-21)16-4-3-10-23-16/h3-5,10-11,13-14H,6-9,12H2,1-2H3,(H,18,19). The van der Waals surface area contributed by atoms with Crippen molar-refractivity contribution in [3.05, 3.63) is 39.9 Å². The number of rotatable bonds is 4. The molecule has 1 atom stereocenters. The van der Waals surface area contributed by atoms with Crippen molar-refractivity contribution in [1.82, 2.24) is 10.2 Å². The van der Waals surface area contributed by atoms with Crippen LogP contribution in [-0.2, 0) is 0 Å². The maximum atomic E-state index is 4.47. The summed E-state index contributed by atoms with van der Waals surface area (Å²) in [6.45, 7) is 7.34. The first-order chi connectivity index (χ1) is 11.3. The Balaban J connectivity index is 1.50. The van der Waals surface area contributed by atoms with Crippen LogP contribution in [0.5, 0.6) is 0 Å². The molecule has 1 fully saturated rings. The van der Waals surface area contributed by atoms with Crippen molar-refractivity contribution in [3.8, 4) is 0 Å². The third-order valence-electron chi connectivity index (χ3n) is 4.29. The fourth-order valence-corrected chi connectivity index (χ4v) is 4.41. The van der Waals surface area contributed by atoms with Crippen LogP contribution in [0.25, 0.3) is 0 Å². The van der Waals surface area contributed by atoms with Gasteiger partial charge in [0, 0.05) is 39.8 Å². The van der Waals surface area contributed by atoms with Gasteiger partial charge in [-0.05, 0) is 45.8 Å². The Labute approximate surface area is 146 Å². The van der Waals surface area contributed by atoms with Gasteiger partial charge in [-0.1, -0.05) is 6.92 Å². The third-order valence-corrected chi connectivity index (χ3v) is 5.92. The number of hydrogen-bond donors (Lipinski definition) is 1. The molecule has 4 nitrogen and oxygen atoms in total. The van der Waals surface area contributed by atoms with Gasteiger partial charge in [0.25, 0.3) is 0 Å². The lowest BCUT2D eigenvalue weighted by Crippen LogP contribution is -2.52. The maximum Gasteiger partial charge on any atom is 0.193 e. The zero-order valence-electron chi connectivity index (χ0n) is 13.7. The number of thiophene rings is 2. The summed E-state index contributed by atoms with van der Waals surface area (Å²) in [6, 6.07) is 6.54. The molecule has 2 aromatic heterocycles. The van der Waals surface area contributed by atoms with Gasteiger partial charge in [0.2, 0.25) is 0 Å². The number of nitrogens with zero attached hydrogens (tertiary/aromatic N) is 3. The van der Waals surface area contributed by atoms with Gasteiger partial charge in [-0.15, -0.1) is 11.3 Å². The van der Waals surface area contributed by atoms with Crippen molar-refractivity contribution in [2.24, 2.45) is 4.99 Å². The van der Waals surface area contributed by atoms with E-state index in [4.69, 9.17) is 0 Å². The summed E-state index contributed by atoms with van der Waals surface area (Å²) in [5, 5.41) is 11.4. The molecule has 0 aliphatic carbocycles. The zero-order chi connectivity index (χ0) is 16.1. The van der Waals surface area contributed by atoms with E-state index in [9.17, 15) is 0 Å². The van der Waals surface area contributed by atoms with Crippen LogP contribution in [0.3, 0.4) is 0 Å². The van der Waals surface area contributed by atoms with Gasteiger partial charge >= 0.3 is 0 Å². The zero-order valence-corrected chi connectivity index (χ0v) is 15.4. The Morgan fingerprint density at radius 3 is 2.70 bits per heavy atom. The summed E-state index contributed by atoms with van der Waals surface area (Å²) < 4.78 is 0. The fourth-order valence-electron chi connectivity index (χ4n) is 2.84. The van der Waals surface area contributed by atoms with E-state index in [1.807, 2.05) is 18.4 Å². The molecule has 6 heteroatoms. The lowest BCUT2D eigenvalue weighted by molar-refractivity contribution is 0.372. The lowest BCUT2D eigenvalue weighted by atomic mass is 10.1. The Kier molecular flexibility index (Phi) is 5.56. The van der Waals surface area contributed by atoms with Gasteiger partial charge in [-0.25, -0.2) is 0 Å². The highest BCUT2D eigenvalue weighted by molar-refractivity contribution is 7.14. The van der Waals surface area contributed by atoms with Crippen LogP contribution in [0.1, 0.15) is 18.4 Å². The molecule has 0 aromatic carbocycles. The summed E-state index contributed by atoms with van der Waals surface area (Å²) in [4.78, 5) is 9.30. The van der Waals surface area contributed by atoms with Gasteiger partial charge in [-0.2, -0.15) is 11.3 Å². The lowest BCUT2D eigenvalue weighted by Gasteiger charge is -2.37. The SMILES string of the molecule is CN=C(NCC(C)c1ccsc1)N1CCN(c2cccs2)CC1. The predicted molar refractivity (Wildman–Crippen MR) is 102 cm³/mol. The molecule has 1 unspecified atom stereocenters. The molecule has 0 amide bonds. The van der Waals surface area contributed by atoms with Crippen LogP contribution in [0.15, 0.2) is 39.3 Å². The molecule has 1 aliphatic heterocycles. The van der Waals surface area contributed by atoms with Gasteiger partial charge in [-0.3, -0.25) is 4.99 Å². The van der Waals surface area contributed by atoms with Gasteiger partial charge < -0.3 is 15.1 Å². The van der Waals surface area contributed by atoms with Crippen LogP contribution < -0.4 is 10.2 Å². The quantitative estimate of drug-likeness (QED) is 0.679. The summed E-state index contributed by atoms with van der Waals surface area (Å²) in [5.41, 5.74) is 1.40. The Hall–Kier alpha value is -1.53. The third kappa shape index (κ3) is 4.06. The molecule has 1 saturated heterocycles. The van der Waals surface area contributed by atoms with Gasteiger partial charge in [0.05, 0.1) is 5.00 Å². The Bertz CT molecular complexity index is 599. The van der Waals surface area contributed by atoms with Crippen molar-refractivity contribution < 1.29 is 0 Å². The summed E-state index contributed by atoms with van der Waals surface area (Å²) in [7, 11) is 1.88. The van der Waals surface area contributed by atoms with Gasteiger partial charge in [0.1, 0.15) is 0 Å². The van der Waals surface area contributed by atoms with E-state index in [1.54, 1.807) is 11.3 Å². The second-order valence-electron chi connectivity index (χ2n) is 5.81. The predicted octanol–water partition coefficient (Wildman–Crippen LogP) is 3.31. The second-order valence-corrected chi connectivity index (χ2v) is 7.52. The van der Waals surface area contributed by atoms with E-state index in [0.29, 0.717) is 5.92 Å². The molecular formula is C17H24N4S2. The number of piperazine rings is 1. The average Bonchev–Trinajstić information content (AvgIpc) is 3.29. The first-order valence-corrected chi connectivity index (χ1v) is 9.86. The highest BCUT2D eigenvalue weighted by Crippen LogP contribution is 2.22. The van der Waals surface area contributed by atoms with Crippen LogP contribution in [-0.4, -0.2) is 50.6 Å². The molecular weight excluding hydrogens is 324 g/mol. The molecule has 0 spiro atoms. The van der Waals surface area contributed by atoms with Gasteiger partial charge in [0.15, 0.2) is 5.96 Å². The van der Waals surface area contributed by atoms with E-state index in [-0.39, 0.29) is 0 Å². The van der Waals surface area contributed by atoms with E-state index in [0.717, 1.165) is 38.7 Å². The molecule has 1 N–H and O–H groups in total. The van der Waals surface area contributed by atoms with Crippen molar-refractivity contribution in [2.75, 3.05) is 44.7 Å². The van der Waals surface area contributed by atoms with E-state index in [2.05, 4.69) is 61.4 Å². The summed E-state index contributed by atoms with van der Waals surface area (Å²) in [6.07, 6.45) is 0.